The highest BCUT2D eigenvalue weighted by atomic mass is 28.5. The lowest BCUT2D eigenvalue weighted by molar-refractivity contribution is -0.132. The van der Waals surface area contributed by atoms with Crippen LogP contribution in [-0.4, -0.2) is 40.0 Å². The van der Waals surface area contributed by atoms with Gasteiger partial charge in [0.15, 0.2) is 16.6 Å². The van der Waals surface area contributed by atoms with Gasteiger partial charge in [-0.05, 0) is 46.2 Å². The molecule has 2 unspecified atom stereocenters. The van der Waals surface area contributed by atoms with Crippen LogP contribution in [-0.2, 0) is 21.6 Å². The predicted octanol–water partition coefficient (Wildman–Crippen LogP) is 6.44. The van der Waals surface area contributed by atoms with Crippen LogP contribution in [0.15, 0.2) is 12.2 Å². The van der Waals surface area contributed by atoms with Crippen molar-refractivity contribution < 1.29 is 21.6 Å². The van der Waals surface area contributed by atoms with E-state index in [2.05, 4.69) is 73.6 Å². The van der Waals surface area contributed by atoms with Gasteiger partial charge >= 0.3 is 23.3 Å². The number of carbonyl (C=O) groups excluding carboxylic acids is 1. The maximum absolute atomic E-state index is 12.6. The summed E-state index contributed by atoms with van der Waals surface area (Å²) in [5.41, 5.74) is 0.633. The van der Waals surface area contributed by atoms with E-state index in [9.17, 15) is 4.79 Å². The molecule has 0 amide bonds. The van der Waals surface area contributed by atoms with Gasteiger partial charge in [0.1, 0.15) is 0 Å². The van der Waals surface area contributed by atoms with E-state index in [4.69, 9.17) is 16.8 Å². The van der Waals surface area contributed by atoms with Gasteiger partial charge in [0.05, 0.1) is 0 Å². The fraction of sp³-hybridized carbons (Fsp3) is 0.842. The summed E-state index contributed by atoms with van der Waals surface area (Å²) in [6.45, 7) is 28.8. The summed E-state index contributed by atoms with van der Waals surface area (Å²) in [6.07, 6.45) is 1.73. The van der Waals surface area contributed by atoms with E-state index in [1.165, 1.54) is 0 Å². The summed E-state index contributed by atoms with van der Waals surface area (Å²) in [4.78, 5) is 12.6. The largest absolute Gasteiger partial charge is 0.491 e. The van der Waals surface area contributed by atoms with Crippen molar-refractivity contribution in [3.8, 4) is 0 Å². The zero-order valence-electron chi connectivity index (χ0n) is 20.3. The molecule has 0 aliphatic rings. The second kappa shape index (κ2) is 10.3. The molecule has 0 saturated carbocycles. The average Bonchev–Trinajstić information content (AvgIpc) is 2.47. The van der Waals surface area contributed by atoms with Gasteiger partial charge in [-0.1, -0.05) is 47.1 Å². The second-order valence-electron chi connectivity index (χ2n) is 9.90. The lowest BCUT2D eigenvalue weighted by Gasteiger charge is -2.46. The Kier molecular flexibility index (Phi) is 10.3. The molecule has 2 atom stereocenters. The van der Waals surface area contributed by atoms with Crippen LogP contribution in [0.4, 0.5) is 0 Å². The zero-order chi connectivity index (χ0) is 22.6. The maximum Gasteiger partial charge on any atom is 0.468 e. The minimum Gasteiger partial charge on any atom is -0.491 e. The van der Waals surface area contributed by atoms with Gasteiger partial charge < -0.3 is 16.8 Å². The van der Waals surface area contributed by atoms with E-state index in [1.54, 1.807) is 6.92 Å². The summed E-state index contributed by atoms with van der Waals surface area (Å²) >= 11 is 0. The van der Waals surface area contributed by atoms with Crippen LogP contribution >= 0.6 is 0 Å². The molecule has 0 aromatic heterocycles. The Balaban J connectivity index is 6.39. The first-order valence-corrected chi connectivity index (χ1v) is 21.4. The van der Waals surface area contributed by atoms with Gasteiger partial charge in [0.2, 0.25) is 0 Å². The standard InChI is InChI=1S/C19H44O5Si4/c1-14-17(5)28(18(6)15-2,21-19(20)16(3)4)24-27(13,22-25(7,8)9)23-26(10,11)12/h17-18H,3,14-15H2,1-2,4-13H3. The smallest absolute Gasteiger partial charge is 0.468 e. The van der Waals surface area contributed by atoms with Crippen molar-refractivity contribution in [1.82, 2.24) is 0 Å². The van der Waals surface area contributed by atoms with E-state index >= 15 is 0 Å². The summed E-state index contributed by atoms with van der Waals surface area (Å²) in [5, 5.41) is 0. The van der Waals surface area contributed by atoms with Crippen LogP contribution in [0.25, 0.3) is 0 Å². The van der Waals surface area contributed by atoms with E-state index in [0.717, 1.165) is 12.8 Å². The van der Waals surface area contributed by atoms with Crippen LogP contribution < -0.4 is 0 Å². The highest BCUT2D eigenvalue weighted by Gasteiger charge is 2.58. The van der Waals surface area contributed by atoms with Crippen LogP contribution in [0.3, 0.4) is 0 Å². The molecule has 166 valence electrons. The molecule has 0 rings (SSSR count). The minimum absolute atomic E-state index is 0.119. The molecule has 0 N–H and O–H groups in total. The maximum atomic E-state index is 12.6. The molecular formula is C19H44O5Si4. The van der Waals surface area contributed by atoms with Crippen molar-refractivity contribution in [3.05, 3.63) is 12.2 Å². The summed E-state index contributed by atoms with van der Waals surface area (Å²) in [6, 6.07) is 0. The first-order valence-electron chi connectivity index (χ1n) is 10.4. The summed E-state index contributed by atoms with van der Waals surface area (Å²) in [7, 11) is -9.95. The van der Waals surface area contributed by atoms with Gasteiger partial charge in [-0.3, -0.25) is 0 Å². The first-order chi connectivity index (χ1) is 12.4. The Morgan fingerprint density at radius 1 is 0.821 bits per heavy atom. The predicted molar refractivity (Wildman–Crippen MR) is 128 cm³/mol. The van der Waals surface area contributed by atoms with Crippen molar-refractivity contribution >= 4 is 40.0 Å². The van der Waals surface area contributed by atoms with Crippen LogP contribution in [0.5, 0.6) is 0 Å². The van der Waals surface area contributed by atoms with Gasteiger partial charge in [0, 0.05) is 23.2 Å². The van der Waals surface area contributed by atoms with E-state index in [-0.39, 0.29) is 17.1 Å². The normalized spacial score (nSPS) is 17.6. The lowest BCUT2D eigenvalue weighted by Crippen LogP contribution is -2.64. The van der Waals surface area contributed by atoms with Gasteiger partial charge in [-0.2, -0.15) is 0 Å². The van der Waals surface area contributed by atoms with Crippen LogP contribution in [0.1, 0.15) is 47.5 Å². The highest BCUT2D eigenvalue weighted by Crippen LogP contribution is 2.42. The van der Waals surface area contributed by atoms with Crippen LogP contribution in [0, 0.1) is 0 Å². The molecule has 28 heavy (non-hydrogen) atoms. The number of hydrogen-bond acceptors (Lipinski definition) is 5. The fourth-order valence-electron chi connectivity index (χ4n) is 3.17. The van der Waals surface area contributed by atoms with Crippen molar-refractivity contribution in [2.45, 2.75) is 104 Å². The molecule has 0 fully saturated rings. The molecule has 0 radical (unpaired) electrons. The molecule has 5 nitrogen and oxygen atoms in total. The number of hydrogen-bond donors (Lipinski definition) is 0. The third-order valence-corrected chi connectivity index (χ3v) is 19.2. The number of rotatable bonds is 12. The van der Waals surface area contributed by atoms with Crippen molar-refractivity contribution in [1.29, 1.82) is 0 Å². The Morgan fingerprint density at radius 2 is 1.18 bits per heavy atom. The van der Waals surface area contributed by atoms with Gasteiger partial charge in [0.25, 0.3) is 0 Å². The molecular weight excluding hydrogens is 421 g/mol. The minimum atomic E-state index is -3.04. The molecule has 0 aromatic rings. The molecule has 0 aromatic carbocycles. The lowest BCUT2D eigenvalue weighted by atomic mass is 10.3. The van der Waals surface area contributed by atoms with Gasteiger partial charge in [-0.25, -0.2) is 4.79 Å². The van der Waals surface area contributed by atoms with E-state index < -0.39 is 34.0 Å². The second-order valence-corrected chi connectivity index (χ2v) is 26.1. The molecule has 0 aliphatic heterocycles. The Morgan fingerprint density at radius 3 is 1.43 bits per heavy atom. The van der Waals surface area contributed by atoms with Crippen LogP contribution in [0.2, 0.25) is 56.9 Å². The summed E-state index contributed by atoms with van der Waals surface area (Å²) < 4.78 is 26.3. The average molecular weight is 465 g/mol. The van der Waals surface area contributed by atoms with Crippen molar-refractivity contribution in [3.63, 3.8) is 0 Å². The zero-order valence-corrected chi connectivity index (χ0v) is 24.3. The highest BCUT2D eigenvalue weighted by molar-refractivity contribution is 6.89. The Labute approximate surface area is 178 Å². The van der Waals surface area contributed by atoms with Crippen molar-refractivity contribution in [2.24, 2.45) is 0 Å². The fourth-order valence-corrected chi connectivity index (χ4v) is 20.8. The van der Waals surface area contributed by atoms with Crippen molar-refractivity contribution in [2.75, 3.05) is 0 Å². The first kappa shape index (κ1) is 28.0. The Hall–Kier alpha value is -0.0425. The molecule has 0 saturated heterocycles. The molecule has 0 bridgehead atoms. The van der Waals surface area contributed by atoms with E-state index in [0.29, 0.717) is 5.57 Å². The van der Waals surface area contributed by atoms with E-state index in [1.807, 2.05) is 6.55 Å². The SMILES string of the molecule is C=C(C)C(=O)O[Si](O[Si](C)(O[Si](C)(C)C)O[Si](C)(C)C)(C(C)CC)C(C)CC. The number of carbonyl (C=O) groups is 1. The molecule has 0 aliphatic carbocycles. The topological polar surface area (TPSA) is 54.0 Å². The monoisotopic (exact) mass is 464 g/mol. The van der Waals surface area contributed by atoms with Gasteiger partial charge in [-0.15, -0.1) is 0 Å². The quantitative estimate of drug-likeness (QED) is 0.246. The molecule has 0 spiro atoms. The Bertz CT molecular complexity index is 513. The molecule has 9 heteroatoms. The molecule has 0 heterocycles. The summed E-state index contributed by atoms with van der Waals surface area (Å²) in [5.74, 6) is -0.371. The third-order valence-electron chi connectivity index (χ3n) is 4.53. The third kappa shape index (κ3) is 8.76.